The molecule has 10 heavy (non-hydrogen) atoms. The van der Waals surface area contributed by atoms with Gasteiger partial charge in [-0.05, 0) is 0 Å². The number of hydrogen-bond acceptors (Lipinski definition) is 3. The van der Waals surface area contributed by atoms with Crippen molar-refractivity contribution >= 4 is 0 Å². The Bertz CT molecular complexity index is 153. The molecule has 1 heterocycles. The first kappa shape index (κ1) is 8.88. The number of hydrogen-bond donors (Lipinski definition) is 0. The molecular weight excluding hydrogens is 128 g/mol. The van der Waals surface area contributed by atoms with Gasteiger partial charge in [-0.25, -0.2) is 4.98 Å². The summed E-state index contributed by atoms with van der Waals surface area (Å²) in [6.45, 7) is 4.00. The monoisotopic (exact) mass is 140 g/mol. The molecule has 0 atom stereocenters. The predicted molar refractivity (Wildman–Crippen MR) is 39.9 cm³/mol. The second kappa shape index (κ2) is 6.01. The van der Waals surface area contributed by atoms with Crippen LogP contribution >= 0.6 is 0 Å². The molecule has 0 radical (unpaired) electrons. The summed E-state index contributed by atoms with van der Waals surface area (Å²) in [5.41, 5.74) is 0. The van der Waals surface area contributed by atoms with Crippen molar-refractivity contribution in [2.24, 2.45) is 0 Å². The highest BCUT2D eigenvalue weighted by Gasteiger charge is 1.83. The molecule has 0 spiro atoms. The van der Waals surface area contributed by atoms with Gasteiger partial charge in [0.15, 0.2) is 0 Å². The number of rotatable bonds is 1. The molecule has 0 amide bonds. The quantitative estimate of drug-likeness (QED) is 0.593. The molecule has 0 aliphatic rings. The molecule has 3 heteroatoms. The first-order valence-electron chi connectivity index (χ1n) is 3.23. The van der Waals surface area contributed by atoms with E-state index in [9.17, 15) is 0 Å². The van der Waals surface area contributed by atoms with Gasteiger partial charge in [-0.1, -0.05) is 13.8 Å². The van der Waals surface area contributed by atoms with E-state index in [0.29, 0.717) is 5.88 Å². The summed E-state index contributed by atoms with van der Waals surface area (Å²) >= 11 is 0. The molecule has 0 unspecified atom stereocenters. The first-order chi connectivity index (χ1) is 4.93. The van der Waals surface area contributed by atoms with Crippen molar-refractivity contribution in [1.82, 2.24) is 9.97 Å². The minimum atomic E-state index is 0.549. The molecule has 0 saturated heterocycles. The zero-order chi connectivity index (χ0) is 7.82. The van der Waals surface area contributed by atoms with Crippen LogP contribution in [-0.2, 0) is 0 Å². The van der Waals surface area contributed by atoms with Gasteiger partial charge in [0.2, 0.25) is 5.88 Å². The summed E-state index contributed by atoms with van der Waals surface area (Å²) in [5.74, 6) is 0.549. The first-order valence-corrected chi connectivity index (χ1v) is 3.23. The summed E-state index contributed by atoms with van der Waals surface area (Å²) in [6, 6.07) is 0. The molecule has 1 aromatic heterocycles. The highest BCUT2D eigenvalue weighted by atomic mass is 16.5. The average Bonchev–Trinajstić information content (AvgIpc) is 2.10. The second-order valence-electron chi connectivity index (χ2n) is 1.25. The van der Waals surface area contributed by atoms with Crippen molar-refractivity contribution in [2.75, 3.05) is 7.11 Å². The molecule has 0 bridgehead atoms. The van der Waals surface area contributed by atoms with Gasteiger partial charge in [0.25, 0.3) is 0 Å². The van der Waals surface area contributed by atoms with E-state index in [1.807, 2.05) is 13.8 Å². The lowest BCUT2D eigenvalue weighted by molar-refractivity contribution is 0.395. The average molecular weight is 140 g/mol. The number of nitrogens with zero attached hydrogens (tertiary/aromatic N) is 2. The lowest BCUT2D eigenvalue weighted by atomic mass is 10.7. The molecule has 0 N–H and O–H groups in total. The highest BCUT2D eigenvalue weighted by Crippen LogP contribution is 1.96. The summed E-state index contributed by atoms with van der Waals surface area (Å²) in [5, 5.41) is 0. The topological polar surface area (TPSA) is 35.0 Å². The van der Waals surface area contributed by atoms with Crippen LogP contribution in [0, 0.1) is 0 Å². The van der Waals surface area contributed by atoms with E-state index in [4.69, 9.17) is 4.74 Å². The zero-order valence-electron chi connectivity index (χ0n) is 6.53. The van der Waals surface area contributed by atoms with E-state index in [0.717, 1.165) is 0 Å². The van der Waals surface area contributed by atoms with E-state index in [1.165, 1.54) is 0 Å². The van der Waals surface area contributed by atoms with Crippen molar-refractivity contribution < 1.29 is 4.74 Å². The molecule has 0 saturated carbocycles. The van der Waals surface area contributed by atoms with Gasteiger partial charge in [-0.3, -0.25) is 4.98 Å². The van der Waals surface area contributed by atoms with Crippen molar-refractivity contribution in [3.63, 3.8) is 0 Å². The van der Waals surface area contributed by atoms with Gasteiger partial charge in [0.1, 0.15) is 0 Å². The maximum atomic E-state index is 4.74. The van der Waals surface area contributed by atoms with Crippen LogP contribution in [0.4, 0.5) is 0 Å². The number of ether oxygens (including phenoxy) is 1. The van der Waals surface area contributed by atoms with Crippen LogP contribution < -0.4 is 4.74 Å². The van der Waals surface area contributed by atoms with Gasteiger partial charge in [0.05, 0.1) is 13.3 Å². The third-order valence-electron chi connectivity index (χ3n) is 0.749. The fourth-order valence-electron chi connectivity index (χ4n) is 0.391. The fourth-order valence-corrected chi connectivity index (χ4v) is 0.391. The van der Waals surface area contributed by atoms with Crippen LogP contribution in [-0.4, -0.2) is 17.1 Å². The molecule has 1 aromatic rings. The summed E-state index contributed by atoms with van der Waals surface area (Å²) in [6.07, 6.45) is 4.74. The number of aromatic nitrogens is 2. The van der Waals surface area contributed by atoms with Gasteiger partial charge < -0.3 is 4.74 Å². The van der Waals surface area contributed by atoms with Gasteiger partial charge in [-0.2, -0.15) is 0 Å². The van der Waals surface area contributed by atoms with Crippen molar-refractivity contribution in [3.8, 4) is 5.88 Å². The number of methoxy groups -OCH3 is 1. The van der Waals surface area contributed by atoms with Gasteiger partial charge >= 0.3 is 0 Å². The Morgan fingerprint density at radius 3 is 2.30 bits per heavy atom. The van der Waals surface area contributed by atoms with Gasteiger partial charge in [-0.15, -0.1) is 0 Å². The van der Waals surface area contributed by atoms with Crippen LogP contribution in [0.3, 0.4) is 0 Å². The smallest absolute Gasteiger partial charge is 0.231 e. The maximum absolute atomic E-state index is 4.74. The Hall–Kier alpha value is -1.12. The van der Waals surface area contributed by atoms with Crippen LogP contribution in [0.25, 0.3) is 0 Å². The molecule has 0 aliphatic heterocycles. The highest BCUT2D eigenvalue weighted by molar-refractivity contribution is 5.00. The Balaban J connectivity index is 0.000000371. The van der Waals surface area contributed by atoms with Crippen LogP contribution in [0.15, 0.2) is 18.6 Å². The molecular formula is C7H12N2O. The molecule has 0 fully saturated rings. The molecule has 0 aliphatic carbocycles. The van der Waals surface area contributed by atoms with E-state index < -0.39 is 0 Å². The lowest BCUT2D eigenvalue weighted by Crippen LogP contribution is -1.85. The van der Waals surface area contributed by atoms with Crippen LogP contribution in [0.5, 0.6) is 5.88 Å². The zero-order valence-corrected chi connectivity index (χ0v) is 6.53. The van der Waals surface area contributed by atoms with E-state index in [1.54, 1.807) is 25.7 Å². The minimum Gasteiger partial charge on any atom is -0.480 e. The summed E-state index contributed by atoms with van der Waals surface area (Å²) < 4.78 is 4.74. The lowest BCUT2D eigenvalue weighted by Gasteiger charge is -1.91. The third-order valence-corrected chi connectivity index (χ3v) is 0.749. The van der Waals surface area contributed by atoms with E-state index >= 15 is 0 Å². The molecule has 56 valence electrons. The Morgan fingerprint density at radius 2 is 2.00 bits per heavy atom. The molecule has 0 aromatic carbocycles. The molecule has 3 nitrogen and oxygen atoms in total. The predicted octanol–water partition coefficient (Wildman–Crippen LogP) is 1.51. The summed E-state index contributed by atoms with van der Waals surface area (Å²) in [4.78, 5) is 7.58. The Labute approximate surface area is 61.1 Å². The van der Waals surface area contributed by atoms with Crippen molar-refractivity contribution in [2.45, 2.75) is 13.8 Å². The van der Waals surface area contributed by atoms with Crippen LogP contribution in [0.2, 0.25) is 0 Å². The third kappa shape index (κ3) is 3.02. The van der Waals surface area contributed by atoms with Gasteiger partial charge in [0, 0.05) is 12.4 Å². The van der Waals surface area contributed by atoms with E-state index in [-0.39, 0.29) is 0 Å². The Kier molecular flexibility index (Phi) is 5.33. The van der Waals surface area contributed by atoms with Crippen molar-refractivity contribution in [1.29, 1.82) is 0 Å². The largest absolute Gasteiger partial charge is 0.480 e. The minimum absolute atomic E-state index is 0.549. The van der Waals surface area contributed by atoms with Crippen LogP contribution in [0.1, 0.15) is 13.8 Å². The van der Waals surface area contributed by atoms with E-state index in [2.05, 4.69) is 9.97 Å². The maximum Gasteiger partial charge on any atom is 0.231 e. The summed E-state index contributed by atoms with van der Waals surface area (Å²) in [7, 11) is 1.56. The second-order valence-corrected chi connectivity index (χ2v) is 1.25. The standard InChI is InChI=1S/C5H6N2O.C2H6/c1-8-5-4-6-2-3-7-5;1-2/h2-4H,1H3;1-2H3. The van der Waals surface area contributed by atoms with Crippen molar-refractivity contribution in [3.05, 3.63) is 18.6 Å². The normalized spacial score (nSPS) is 7.50. The molecule has 1 rings (SSSR count). The Morgan fingerprint density at radius 1 is 1.30 bits per heavy atom. The SMILES string of the molecule is CC.COc1cnccn1. The fraction of sp³-hybridized carbons (Fsp3) is 0.429.